The predicted octanol–water partition coefficient (Wildman–Crippen LogP) is 4.23. The molecular weight excluding hydrogens is 354 g/mol. The number of hydrogen-bond donors (Lipinski definition) is 1. The van der Waals surface area contributed by atoms with Gasteiger partial charge in [0.2, 0.25) is 0 Å². The van der Waals surface area contributed by atoms with E-state index in [1.54, 1.807) is 6.08 Å². The number of nitrogens with one attached hydrogen (secondary N) is 1. The molecule has 5 nitrogen and oxygen atoms in total. The first-order valence-corrected chi connectivity index (χ1v) is 10.4. The molecule has 4 fully saturated rings. The molecule has 4 saturated carbocycles. The number of carbonyl (C=O) groups excluding carboxylic acids is 2. The fourth-order valence-electron chi connectivity index (χ4n) is 5.79. The molecule has 3 unspecified atom stereocenters. The molecule has 0 aromatic heterocycles. The first-order valence-electron chi connectivity index (χ1n) is 10.4. The summed E-state index contributed by atoms with van der Waals surface area (Å²) in [5.74, 6) is 1.41. The van der Waals surface area contributed by atoms with Crippen molar-refractivity contribution in [2.45, 2.75) is 45.6 Å². The highest BCUT2D eigenvalue weighted by Crippen LogP contribution is 2.61. The van der Waals surface area contributed by atoms with Crippen molar-refractivity contribution in [2.24, 2.45) is 23.2 Å². The Morgan fingerprint density at radius 3 is 2.50 bits per heavy atom. The normalized spacial score (nSPS) is 31.6. The van der Waals surface area contributed by atoms with Crippen LogP contribution in [0.3, 0.4) is 0 Å². The summed E-state index contributed by atoms with van der Waals surface area (Å²) in [6, 6.07) is 9.72. The molecule has 1 aromatic rings. The van der Waals surface area contributed by atoms with Crippen molar-refractivity contribution in [1.29, 1.82) is 0 Å². The van der Waals surface area contributed by atoms with Gasteiger partial charge in [-0.3, -0.25) is 0 Å². The SMILES string of the molecule is CCOC(=O)/C=C1\C2CC3C[C@@H]1CC(CNC(=O)OCc1ccccc1)(C3)C2. The second kappa shape index (κ2) is 7.98. The molecule has 0 heterocycles. The van der Waals surface area contributed by atoms with Crippen LogP contribution in [-0.4, -0.2) is 25.2 Å². The summed E-state index contributed by atoms with van der Waals surface area (Å²) in [6.07, 6.45) is 7.01. The number of benzene rings is 1. The van der Waals surface area contributed by atoms with Gasteiger partial charge in [-0.25, -0.2) is 9.59 Å². The van der Waals surface area contributed by atoms with Crippen LogP contribution in [0.15, 0.2) is 42.0 Å². The Morgan fingerprint density at radius 2 is 1.82 bits per heavy atom. The Labute approximate surface area is 166 Å². The van der Waals surface area contributed by atoms with E-state index in [0.717, 1.165) is 18.4 Å². The summed E-state index contributed by atoms with van der Waals surface area (Å²) < 4.78 is 10.5. The maximum Gasteiger partial charge on any atom is 0.407 e. The molecule has 0 saturated heterocycles. The number of allylic oxidation sites excluding steroid dienone is 1. The van der Waals surface area contributed by atoms with E-state index in [4.69, 9.17) is 9.47 Å². The van der Waals surface area contributed by atoms with E-state index in [-0.39, 0.29) is 17.5 Å². The van der Waals surface area contributed by atoms with Gasteiger partial charge in [-0.2, -0.15) is 0 Å². The molecule has 150 valence electrons. The molecule has 0 radical (unpaired) electrons. The molecule has 28 heavy (non-hydrogen) atoms. The van der Waals surface area contributed by atoms with Crippen molar-refractivity contribution >= 4 is 12.1 Å². The molecule has 1 aromatic carbocycles. The highest BCUT2D eigenvalue weighted by Gasteiger charge is 2.53. The summed E-state index contributed by atoms with van der Waals surface area (Å²) in [4.78, 5) is 24.1. The van der Waals surface area contributed by atoms with E-state index in [0.29, 0.717) is 37.5 Å². The zero-order valence-corrected chi connectivity index (χ0v) is 16.5. The average molecular weight is 383 g/mol. The first kappa shape index (κ1) is 19.0. The number of ether oxygens (including phenoxy) is 2. The van der Waals surface area contributed by atoms with Crippen LogP contribution >= 0.6 is 0 Å². The largest absolute Gasteiger partial charge is 0.463 e. The summed E-state index contributed by atoms with van der Waals surface area (Å²) in [5, 5.41) is 3.01. The van der Waals surface area contributed by atoms with E-state index >= 15 is 0 Å². The van der Waals surface area contributed by atoms with Crippen molar-refractivity contribution in [3.05, 3.63) is 47.5 Å². The molecule has 4 bridgehead atoms. The van der Waals surface area contributed by atoms with Crippen LogP contribution < -0.4 is 5.32 Å². The molecular formula is C23H29NO4. The standard InChI is InChI=1S/C23H29NO4/c1-2-27-21(25)10-20-18-8-17-9-19(20)13-23(11-17,12-18)15-24-22(26)28-14-16-6-4-3-5-7-16/h3-7,10,17-19H,2,8-9,11-15H2,1H3,(H,24,26)/b20-10-/t17?,18-,19?,23?/m1/s1. The topological polar surface area (TPSA) is 64.6 Å². The van der Waals surface area contributed by atoms with Crippen LogP contribution in [0.25, 0.3) is 0 Å². The third kappa shape index (κ3) is 4.08. The molecule has 4 aliphatic carbocycles. The average Bonchev–Trinajstić information content (AvgIpc) is 2.68. The molecule has 0 aliphatic heterocycles. The lowest BCUT2D eigenvalue weighted by molar-refractivity contribution is -0.137. The Bertz CT molecular complexity index is 739. The minimum absolute atomic E-state index is 0.147. The Hall–Kier alpha value is -2.30. The van der Waals surface area contributed by atoms with Crippen LogP contribution in [0.4, 0.5) is 4.79 Å². The molecule has 1 N–H and O–H groups in total. The molecule has 4 atom stereocenters. The van der Waals surface area contributed by atoms with Gasteiger partial charge in [-0.15, -0.1) is 0 Å². The van der Waals surface area contributed by atoms with E-state index in [2.05, 4.69) is 5.32 Å². The summed E-state index contributed by atoms with van der Waals surface area (Å²) in [7, 11) is 0. The van der Waals surface area contributed by atoms with Crippen molar-refractivity contribution < 1.29 is 19.1 Å². The van der Waals surface area contributed by atoms with Crippen molar-refractivity contribution in [3.63, 3.8) is 0 Å². The summed E-state index contributed by atoms with van der Waals surface area (Å²) >= 11 is 0. The maximum absolute atomic E-state index is 12.2. The molecule has 5 rings (SSSR count). The number of rotatable bonds is 6. The zero-order valence-electron chi connectivity index (χ0n) is 16.5. The predicted molar refractivity (Wildman–Crippen MR) is 105 cm³/mol. The Morgan fingerprint density at radius 1 is 1.11 bits per heavy atom. The smallest absolute Gasteiger partial charge is 0.407 e. The quantitative estimate of drug-likeness (QED) is 0.590. The van der Waals surface area contributed by atoms with E-state index in [1.165, 1.54) is 24.8 Å². The second-order valence-electron chi connectivity index (χ2n) is 8.66. The van der Waals surface area contributed by atoms with E-state index < -0.39 is 0 Å². The third-order valence-corrected chi connectivity index (χ3v) is 6.65. The molecule has 0 spiro atoms. The van der Waals surface area contributed by atoms with E-state index in [1.807, 2.05) is 37.3 Å². The first-order chi connectivity index (χ1) is 13.6. The highest BCUT2D eigenvalue weighted by molar-refractivity contribution is 5.83. The van der Waals surface area contributed by atoms with Gasteiger partial charge in [0.15, 0.2) is 0 Å². The van der Waals surface area contributed by atoms with Crippen LogP contribution in [0.5, 0.6) is 0 Å². The van der Waals surface area contributed by atoms with Crippen LogP contribution in [0, 0.1) is 23.2 Å². The lowest BCUT2D eigenvalue weighted by Gasteiger charge is -2.58. The van der Waals surface area contributed by atoms with Crippen LogP contribution in [0.2, 0.25) is 0 Å². The van der Waals surface area contributed by atoms with Gasteiger partial charge >= 0.3 is 12.1 Å². The summed E-state index contributed by atoms with van der Waals surface area (Å²) in [5.41, 5.74) is 2.42. The second-order valence-corrected chi connectivity index (χ2v) is 8.66. The van der Waals surface area contributed by atoms with Crippen LogP contribution in [0.1, 0.15) is 44.6 Å². The van der Waals surface area contributed by atoms with Gasteiger partial charge in [0.1, 0.15) is 6.61 Å². The number of esters is 1. The lowest BCUT2D eigenvalue weighted by atomic mass is 9.48. The minimum Gasteiger partial charge on any atom is -0.463 e. The Balaban J connectivity index is 1.34. The van der Waals surface area contributed by atoms with Crippen LogP contribution in [-0.2, 0) is 20.9 Å². The van der Waals surface area contributed by atoms with Gasteiger partial charge in [0.25, 0.3) is 0 Å². The van der Waals surface area contributed by atoms with Gasteiger partial charge in [-0.1, -0.05) is 35.9 Å². The minimum atomic E-state index is -0.345. The van der Waals surface area contributed by atoms with Gasteiger partial charge in [0, 0.05) is 12.6 Å². The number of hydrogen-bond acceptors (Lipinski definition) is 4. The fraction of sp³-hybridized carbons (Fsp3) is 0.565. The zero-order chi connectivity index (χ0) is 19.6. The molecule has 4 aliphatic rings. The van der Waals surface area contributed by atoms with Crippen molar-refractivity contribution in [3.8, 4) is 0 Å². The maximum atomic E-state index is 12.2. The Kier molecular flexibility index (Phi) is 5.42. The van der Waals surface area contributed by atoms with Crippen molar-refractivity contribution in [1.82, 2.24) is 5.32 Å². The number of amides is 1. The van der Waals surface area contributed by atoms with Gasteiger partial charge in [-0.05, 0) is 67.8 Å². The third-order valence-electron chi connectivity index (χ3n) is 6.65. The molecule has 5 heteroatoms. The van der Waals surface area contributed by atoms with E-state index in [9.17, 15) is 9.59 Å². The number of carbonyl (C=O) groups is 2. The lowest BCUT2D eigenvalue weighted by Crippen LogP contribution is -2.52. The van der Waals surface area contributed by atoms with Gasteiger partial charge in [0.05, 0.1) is 6.61 Å². The fourth-order valence-corrected chi connectivity index (χ4v) is 5.79. The van der Waals surface area contributed by atoms with Crippen molar-refractivity contribution in [2.75, 3.05) is 13.2 Å². The molecule has 1 amide bonds. The monoisotopic (exact) mass is 383 g/mol. The highest BCUT2D eigenvalue weighted by atomic mass is 16.5. The number of alkyl carbamates (subject to hydrolysis) is 1. The summed E-state index contributed by atoms with van der Waals surface area (Å²) in [6.45, 7) is 3.21. The van der Waals surface area contributed by atoms with Gasteiger partial charge < -0.3 is 14.8 Å².